The van der Waals surface area contributed by atoms with Crippen LogP contribution in [0, 0.1) is 0 Å². The van der Waals surface area contributed by atoms with Gasteiger partial charge in [-0.05, 0) is 32.0 Å². The molecule has 2 N–H and O–H groups in total. The van der Waals surface area contributed by atoms with Crippen molar-refractivity contribution in [3.05, 3.63) is 36.0 Å². The number of pyridine rings is 1. The first-order valence-electron chi connectivity index (χ1n) is 7.60. The topological polar surface area (TPSA) is 46.2 Å². The molecule has 0 spiro atoms. The molecule has 1 heterocycles. The molecular formula is C17H25N3O. The lowest BCUT2D eigenvalue weighted by molar-refractivity contribution is 0.129. The monoisotopic (exact) mass is 287 g/mol. The van der Waals surface area contributed by atoms with Crippen molar-refractivity contribution >= 4 is 16.6 Å². The molecule has 0 fully saturated rings. The van der Waals surface area contributed by atoms with Gasteiger partial charge in [-0.15, -0.1) is 0 Å². The molecule has 1 atom stereocenters. The molecule has 1 aromatic heterocycles. The second-order valence-corrected chi connectivity index (χ2v) is 5.28. The summed E-state index contributed by atoms with van der Waals surface area (Å²) in [5, 5.41) is 8.03. The van der Waals surface area contributed by atoms with E-state index in [1.165, 1.54) is 0 Å². The van der Waals surface area contributed by atoms with E-state index in [0.717, 1.165) is 48.3 Å². The average molecular weight is 287 g/mol. The number of aromatic nitrogens is 1. The molecule has 21 heavy (non-hydrogen) atoms. The summed E-state index contributed by atoms with van der Waals surface area (Å²) in [6, 6.07) is 10.4. The Bertz CT molecular complexity index is 571. The van der Waals surface area contributed by atoms with Crippen LogP contribution in [0.1, 0.15) is 26.0 Å². The van der Waals surface area contributed by atoms with Crippen molar-refractivity contribution in [2.75, 3.05) is 25.5 Å². The van der Waals surface area contributed by atoms with Crippen molar-refractivity contribution in [3.63, 3.8) is 0 Å². The van der Waals surface area contributed by atoms with Crippen LogP contribution < -0.4 is 10.6 Å². The summed E-state index contributed by atoms with van der Waals surface area (Å²) in [5.74, 6) is 0. The summed E-state index contributed by atoms with van der Waals surface area (Å²) in [5.41, 5.74) is 3.22. The van der Waals surface area contributed by atoms with Crippen LogP contribution >= 0.6 is 0 Å². The van der Waals surface area contributed by atoms with Gasteiger partial charge in [-0.2, -0.15) is 0 Å². The molecule has 0 bridgehead atoms. The minimum Gasteiger partial charge on any atom is -0.382 e. The van der Waals surface area contributed by atoms with Crippen molar-refractivity contribution < 1.29 is 4.74 Å². The van der Waals surface area contributed by atoms with Crippen LogP contribution in [0.15, 0.2) is 30.3 Å². The summed E-state index contributed by atoms with van der Waals surface area (Å²) in [4.78, 5) is 4.72. The number of para-hydroxylation sites is 1. The molecule has 2 aromatic rings. The third kappa shape index (κ3) is 4.41. The number of ether oxygens (including phenoxy) is 1. The van der Waals surface area contributed by atoms with Gasteiger partial charge in [0.1, 0.15) is 0 Å². The van der Waals surface area contributed by atoms with E-state index in [4.69, 9.17) is 9.72 Å². The quantitative estimate of drug-likeness (QED) is 0.732. The van der Waals surface area contributed by atoms with Gasteiger partial charge in [0.05, 0.1) is 17.3 Å². The largest absolute Gasteiger partial charge is 0.382 e. The molecule has 0 radical (unpaired) electrons. The van der Waals surface area contributed by atoms with Gasteiger partial charge in [-0.3, -0.25) is 4.98 Å². The van der Waals surface area contributed by atoms with Crippen LogP contribution in [-0.4, -0.2) is 31.3 Å². The molecule has 1 unspecified atom stereocenters. The highest BCUT2D eigenvalue weighted by Crippen LogP contribution is 2.23. The summed E-state index contributed by atoms with van der Waals surface area (Å²) < 4.78 is 5.30. The second kappa shape index (κ2) is 7.96. The normalized spacial score (nSPS) is 12.5. The smallest absolute Gasteiger partial charge is 0.0726 e. The number of fused-ring (bicyclic) bond motifs is 1. The molecule has 1 aromatic carbocycles. The maximum absolute atomic E-state index is 5.30. The van der Waals surface area contributed by atoms with Gasteiger partial charge in [-0.25, -0.2) is 0 Å². The fourth-order valence-corrected chi connectivity index (χ4v) is 2.20. The minimum absolute atomic E-state index is 0.179. The van der Waals surface area contributed by atoms with E-state index in [0.29, 0.717) is 0 Å². The van der Waals surface area contributed by atoms with E-state index in [-0.39, 0.29) is 6.10 Å². The summed E-state index contributed by atoms with van der Waals surface area (Å²) >= 11 is 0. The molecule has 4 heteroatoms. The predicted molar refractivity (Wildman–Crippen MR) is 88.7 cm³/mol. The van der Waals surface area contributed by atoms with Crippen LogP contribution in [0.25, 0.3) is 10.9 Å². The standard InChI is InChI=1S/C17H25N3O/c1-4-9-18-12-14-10-17(19-11-13(2)21-3)15-7-5-6-8-16(15)20-14/h5-8,10,13,18H,4,9,11-12H2,1-3H3,(H,19,20). The Morgan fingerprint density at radius 3 is 2.86 bits per heavy atom. The first-order valence-corrected chi connectivity index (χ1v) is 7.60. The van der Waals surface area contributed by atoms with E-state index in [2.05, 4.69) is 42.7 Å². The Morgan fingerprint density at radius 2 is 2.10 bits per heavy atom. The number of benzene rings is 1. The van der Waals surface area contributed by atoms with Gasteiger partial charge < -0.3 is 15.4 Å². The highest BCUT2D eigenvalue weighted by Gasteiger charge is 2.07. The molecular weight excluding hydrogens is 262 g/mol. The number of rotatable bonds is 8. The first kappa shape index (κ1) is 15.7. The number of anilines is 1. The van der Waals surface area contributed by atoms with Crippen LogP contribution in [-0.2, 0) is 11.3 Å². The molecule has 0 saturated carbocycles. The Hall–Kier alpha value is -1.65. The second-order valence-electron chi connectivity index (χ2n) is 5.28. The molecule has 0 aliphatic carbocycles. The lowest BCUT2D eigenvalue weighted by atomic mass is 10.1. The SMILES string of the molecule is CCCNCc1cc(NCC(C)OC)c2ccccc2n1. The van der Waals surface area contributed by atoms with Crippen molar-refractivity contribution in [1.82, 2.24) is 10.3 Å². The Kier molecular flexibility index (Phi) is 5.96. The van der Waals surface area contributed by atoms with E-state index >= 15 is 0 Å². The highest BCUT2D eigenvalue weighted by atomic mass is 16.5. The average Bonchev–Trinajstić information content (AvgIpc) is 2.52. The van der Waals surface area contributed by atoms with Crippen LogP contribution in [0.2, 0.25) is 0 Å². The number of hydrogen-bond acceptors (Lipinski definition) is 4. The zero-order valence-electron chi connectivity index (χ0n) is 13.1. The van der Waals surface area contributed by atoms with Gasteiger partial charge in [0.25, 0.3) is 0 Å². The summed E-state index contributed by atoms with van der Waals surface area (Å²) in [7, 11) is 1.73. The van der Waals surface area contributed by atoms with Gasteiger partial charge >= 0.3 is 0 Å². The molecule has 0 aliphatic rings. The predicted octanol–water partition coefficient (Wildman–Crippen LogP) is 3.18. The Balaban J connectivity index is 2.22. The van der Waals surface area contributed by atoms with Gasteiger partial charge in [-0.1, -0.05) is 25.1 Å². The number of hydrogen-bond donors (Lipinski definition) is 2. The molecule has 114 valence electrons. The molecule has 4 nitrogen and oxygen atoms in total. The van der Waals surface area contributed by atoms with Crippen LogP contribution in [0.3, 0.4) is 0 Å². The maximum Gasteiger partial charge on any atom is 0.0726 e. The summed E-state index contributed by atoms with van der Waals surface area (Å²) in [6.45, 7) is 6.82. The number of nitrogens with zero attached hydrogens (tertiary/aromatic N) is 1. The van der Waals surface area contributed by atoms with E-state index in [9.17, 15) is 0 Å². The molecule has 0 aliphatic heterocycles. The van der Waals surface area contributed by atoms with E-state index in [1.54, 1.807) is 7.11 Å². The number of methoxy groups -OCH3 is 1. The van der Waals surface area contributed by atoms with Crippen molar-refractivity contribution in [2.24, 2.45) is 0 Å². The van der Waals surface area contributed by atoms with Crippen molar-refractivity contribution in [3.8, 4) is 0 Å². The van der Waals surface area contributed by atoms with E-state index < -0.39 is 0 Å². The fourth-order valence-electron chi connectivity index (χ4n) is 2.20. The molecule has 0 amide bonds. The van der Waals surface area contributed by atoms with Gasteiger partial charge in [0.15, 0.2) is 0 Å². The highest BCUT2D eigenvalue weighted by molar-refractivity contribution is 5.91. The van der Waals surface area contributed by atoms with E-state index in [1.807, 2.05) is 12.1 Å². The van der Waals surface area contributed by atoms with Gasteiger partial charge in [0, 0.05) is 31.3 Å². The third-order valence-electron chi connectivity index (χ3n) is 3.48. The van der Waals surface area contributed by atoms with Crippen LogP contribution in [0.4, 0.5) is 5.69 Å². The van der Waals surface area contributed by atoms with Crippen LogP contribution in [0.5, 0.6) is 0 Å². The molecule has 2 rings (SSSR count). The lowest BCUT2D eigenvalue weighted by Crippen LogP contribution is -2.19. The number of nitrogens with one attached hydrogen (secondary N) is 2. The first-order chi connectivity index (χ1) is 10.2. The fraction of sp³-hybridized carbons (Fsp3) is 0.471. The maximum atomic E-state index is 5.30. The lowest BCUT2D eigenvalue weighted by Gasteiger charge is -2.15. The zero-order valence-corrected chi connectivity index (χ0v) is 13.1. The summed E-state index contributed by atoms with van der Waals surface area (Å²) in [6.07, 6.45) is 1.31. The minimum atomic E-state index is 0.179. The Morgan fingerprint density at radius 1 is 1.29 bits per heavy atom. The van der Waals surface area contributed by atoms with Crippen molar-refractivity contribution in [1.29, 1.82) is 0 Å². The van der Waals surface area contributed by atoms with Gasteiger partial charge in [0.2, 0.25) is 0 Å². The third-order valence-corrected chi connectivity index (χ3v) is 3.48. The zero-order chi connectivity index (χ0) is 15.1. The molecule has 0 saturated heterocycles. The Labute approximate surface area is 126 Å². The van der Waals surface area contributed by atoms with Crippen molar-refractivity contribution in [2.45, 2.75) is 32.9 Å².